The highest BCUT2D eigenvalue weighted by molar-refractivity contribution is 6.10. The van der Waals surface area contributed by atoms with Gasteiger partial charge in [-0.05, 0) is 88.3 Å². The lowest BCUT2D eigenvalue weighted by Gasteiger charge is -2.26. The number of ether oxygens (including phenoxy) is 2. The monoisotopic (exact) mass is 421 g/mol. The molecule has 5 heteroatoms. The van der Waals surface area contributed by atoms with Crippen LogP contribution in [0.4, 0.5) is 0 Å². The van der Waals surface area contributed by atoms with Crippen molar-refractivity contribution in [3.05, 3.63) is 59.7 Å². The highest BCUT2D eigenvalue weighted by Gasteiger charge is 2.16. The van der Waals surface area contributed by atoms with Crippen molar-refractivity contribution in [3.63, 3.8) is 0 Å². The number of ketones is 1. The van der Waals surface area contributed by atoms with Gasteiger partial charge in [-0.15, -0.1) is 0 Å². The van der Waals surface area contributed by atoms with Crippen molar-refractivity contribution in [3.8, 4) is 11.5 Å². The fraction of sp³-hybridized carbons (Fsp3) is 0.500. The highest BCUT2D eigenvalue weighted by atomic mass is 16.5. The first-order valence-corrected chi connectivity index (χ1v) is 11.7. The molecule has 0 N–H and O–H groups in total. The molecular formula is C26H33N2O3. The van der Waals surface area contributed by atoms with E-state index < -0.39 is 0 Å². The maximum absolute atomic E-state index is 13.0. The third kappa shape index (κ3) is 6.31. The van der Waals surface area contributed by atoms with Gasteiger partial charge in [0.2, 0.25) is 0 Å². The number of hydrogen-bond donors (Lipinski definition) is 0. The molecule has 0 aliphatic carbocycles. The molecule has 0 atom stereocenters. The summed E-state index contributed by atoms with van der Waals surface area (Å²) in [5.74, 6) is 1.33. The Labute approximate surface area is 185 Å². The van der Waals surface area contributed by atoms with Gasteiger partial charge >= 0.3 is 0 Å². The van der Waals surface area contributed by atoms with Crippen LogP contribution in [0.3, 0.4) is 0 Å². The number of benzene rings is 2. The zero-order valence-corrected chi connectivity index (χ0v) is 18.4. The van der Waals surface area contributed by atoms with Crippen molar-refractivity contribution < 1.29 is 14.3 Å². The zero-order chi connectivity index (χ0) is 21.3. The molecule has 0 aromatic heterocycles. The molecule has 5 nitrogen and oxygen atoms in total. The standard InChI is InChI=1S/C26H33N2O3/c29-26(24-8-2-3-9-25(24)31-21-19-28-16-6-7-17-28)22-10-12-23(13-11-22)30-20-18-27-14-4-1-5-15-27/h2-3,9-13H,1,4-7,14-21H2. The predicted molar refractivity (Wildman–Crippen MR) is 122 cm³/mol. The second-order valence-electron chi connectivity index (χ2n) is 8.41. The molecule has 165 valence electrons. The topological polar surface area (TPSA) is 42.0 Å². The summed E-state index contributed by atoms with van der Waals surface area (Å²) in [4.78, 5) is 17.9. The minimum atomic E-state index is -0.0726. The van der Waals surface area contributed by atoms with Crippen LogP contribution >= 0.6 is 0 Å². The van der Waals surface area contributed by atoms with Crippen LogP contribution in [0.1, 0.15) is 48.0 Å². The first-order valence-electron chi connectivity index (χ1n) is 11.7. The summed E-state index contributed by atoms with van der Waals surface area (Å²) in [7, 11) is 0. The van der Waals surface area contributed by atoms with Gasteiger partial charge in [-0.25, -0.2) is 0 Å². The van der Waals surface area contributed by atoms with Crippen LogP contribution in [-0.2, 0) is 0 Å². The molecule has 0 unspecified atom stereocenters. The van der Waals surface area contributed by atoms with E-state index in [-0.39, 0.29) is 5.78 Å². The normalized spacial score (nSPS) is 17.5. The number of carbonyl (C=O) groups is 1. The summed E-state index contributed by atoms with van der Waals surface area (Å²) < 4.78 is 11.8. The molecule has 1 radical (unpaired) electrons. The summed E-state index contributed by atoms with van der Waals surface area (Å²) in [5.41, 5.74) is 1.11. The van der Waals surface area contributed by atoms with Crippen molar-refractivity contribution in [1.29, 1.82) is 0 Å². The third-order valence-corrected chi connectivity index (χ3v) is 6.15. The SMILES string of the molecule is O=C(c1ccc(OCCN2CCCCC2)cc1)c1[c]cccc1OCCN1CCCC1. The molecule has 31 heavy (non-hydrogen) atoms. The summed E-state index contributed by atoms with van der Waals surface area (Å²) in [5, 5.41) is 0. The smallest absolute Gasteiger partial charge is 0.197 e. The molecule has 2 aromatic rings. The Morgan fingerprint density at radius 1 is 0.806 bits per heavy atom. The van der Waals surface area contributed by atoms with Crippen molar-refractivity contribution in [2.45, 2.75) is 32.1 Å². The number of nitrogens with zero attached hydrogens (tertiary/aromatic N) is 2. The average Bonchev–Trinajstić information content (AvgIpc) is 3.34. The molecule has 4 rings (SSSR count). The van der Waals surface area contributed by atoms with Crippen LogP contribution in [0, 0.1) is 6.07 Å². The molecule has 2 aliphatic heterocycles. The largest absolute Gasteiger partial charge is 0.492 e. The van der Waals surface area contributed by atoms with E-state index in [4.69, 9.17) is 9.47 Å². The molecule has 0 bridgehead atoms. The maximum Gasteiger partial charge on any atom is 0.197 e. The van der Waals surface area contributed by atoms with Crippen LogP contribution in [-0.4, -0.2) is 68.1 Å². The zero-order valence-electron chi connectivity index (χ0n) is 18.4. The van der Waals surface area contributed by atoms with Gasteiger partial charge in [0.15, 0.2) is 5.78 Å². The van der Waals surface area contributed by atoms with Crippen LogP contribution in [0.25, 0.3) is 0 Å². The predicted octanol–water partition coefficient (Wildman–Crippen LogP) is 4.06. The Bertz CT molecular complexity index is 825. The number of rotatable bonds is 10. The average molecular weight is 422 g/mol. The molecule has 2 saturated heterocycles. The van der Waals surface area contributed by atoms with E-state index in [9.17, 15) is 4.79 Å². The minimum absolute atomic E-state index is 0.0726. The fourth-order valence-electron chi connectivity index (χ4n) is 4.33. The van der Waals surface area contributed by atoms with Gasteiger partial charge in [0.1, 0.15) is 24.7 Å². The van der Waals surface area contributed by atoms with Crippen LogP contribution in [0.2, 0.25) is 0 Å². The Kier molecular flexibility index (Phi) is 7.97. The van der Waals surface area contributed by atoms with Crippen molar-refractivity contribution in [2.24, 2.45) is 0 Å². The van der Waals surface area contributed by atoms with Gasteiger partial charge in [-0.1, -0.05) is 18.6 Å². The van der Waals surface area contributed by atoms with E-state index in [1.807, 2.05) is 36.4 Å². The first-order chi connectivity index (χ1) is 15.3. The number of hydrogen-bond acceptors (Lipinski definition) is 5. The molecule has 2 aliphatic rings. The van der Waals surface area contributed by atoms with Crippen LogP contribution in [0.5, 0.6) is 11.5 Å². The summed E-state index contributed by atoms with van der Waals surface area (Å²) in [6.07, 6.45) is 6.45. The Morgan fingerprint density at radius 2 is 1.42 bits per heavy atom. The molecule has 0 saturated carbocycles. The van der Waals surface area contributed by atoms with E-state index in [1.54, 1.807) is 6.07 Å². The van der Waals surface area contributed by atoms with Gasteiger partial charge in [0.05, 0.1) is 5.56 Å². The summed E-state index contributed by atoms with van der Waals surface area (Å²) >= 11 is 0. The van der Waals surface area contributed by atoms with E-state index in [0.717, 1.165) is 31.9 Å². The molecule has 2 heterocycles. The molecule has 0 spiro atoms. The number of carbonyl (C=O) groups excluding carboxylic acids is 1. The van der Waals surface area contributed by atoms with Crippen LogP contribution in [0.15, 0.2) is 42.5 Å². The van der Waals surface area contributed by atoms with E-state index in [0.29, 0.717) is 30.1 Å². The summed E-state index contributed by atoms with van der Waals surface area (Å²) in [6, 6.07) is 16.0. The van der Waals surface area contributed by atoms with Crippen molar-refractivity contribution in [1.82, 2.24) is 9.80 Å². The molecule has 0 amide bonds. The van der Waals surface area contributed by atoms with Gasteiger partial charge in [-0.2, -0.15) is 0 Å². The van der Waals surface area contributed by atoms with Gasteiger partial charge < -0.3 is 9.47 Å². The lowest BCUT2D eigenvalue weighted by atomic mass is 10.0. The third-order valence-electron chi connectivity index (χ3n) is 6.15. The summed E-state index contributed by atoms with van der Waals surface area (Å²) in [6.45, 7) is 7.74. The van der Waals surface area contributed by atoms with Crippen molar-refractivity contribution >= 4 is 5.78 Å². The quantitative estimate of drug-likeness (QED) is 0.541. The van der Waals surface area contributed by atoms with Gasteiger partial charge in [0.25, 0.3) is 0 Å². The number of likely N-dealkylation sites (tertiary alicyclic amines) is 2. The van der Waals surface area contributed by atoms with Gasteiger partial charge in [-0.3, -0.25) is 14.6 Å². The van der Waals surface area contributed by atoms with E-state index in [1.165, 1.54) is 45.2 Å². The van der Waals surface area contributed by atoms with E-state index in [2.05, 4.69) is 15.9 Å². The molecular weight excluding hydrogens is 388 g/mol. The fourth-order valence-corrected chi connectivity index (χ4v) is 4.33. The van der Waals surface area contributed by atoms with Gasteiger partial charge in [0, 0.05) is 18.7 Å². The lowest BCUT2D eigenvalue weighted by Crippen LogP contribution is -2.33. The first kappa shape index (κ1) is 21.8. The molecule has 2 aromatic carbocycles. The molecule has 2 fully saturated rings. The minimum Gasteiger partial charge on any atom is -0.492 e. The lowest BCUT2D eigenvalue weighted by molar-refractivity contribution is 0.103. The maximum atomic E-state index is 13.0. The van der Waals surface area contributed by atoms with Crippen LogP contribution < -0.4 is 9.47 Å². The van der Waals surface area contributed by atoms with E-state index >= 15 is 0 Å². The Hall–Kier alpha value is -2.37. The second kappa shape index (κ2) is 11.3. The Morgan fingerprint density at radius 3 is 2.10 bits per heavy atom. The Balaban J connectivity index is 1.30. The number of piperidine rings is 1. The van der Waals surface area contributed by atoms with Crippen molar-refractivity contribution in [2.75, 3.05) is 52.5 Å². The second-order valence-corrected chi connectivity index (χ2v) is 8.41. The highest BCUT2D eigenvalue weighted by Crippen LogP contribution is 2.23.